The minimum absolute atomic E-state index is 0.653. The first-order valence-electron chi connectivity index (χ1n) is 19.5. The van der Waals surface area contributed by atoms with Crippen molar-refractivity contribution in [2.75, 3.05) is 0 Å². The second kappa shape index (κ2) is 14.1. The van der Waals surface area contributed by atoms with Crippen LogP contribution in [0.25, 0.3) is 107 Å². The van der Waals surface area contributed by atoms with Crippen LogP contribution in [0.3, 0.4) is 0 Å². The Labute approximate surface area is 345 Å². The average molecular weight is 772 g/mol. The largest absolute Gasteiger partial charge is 0.192 e. The van der Waals surface area contributed by atoms with E-state index in [1.807, 2.05) is 40.9 Å². The van der Waals surface area contributed by atoms with Crippen molar-refractivity contribution >= 4 is 63.0 Å². The zero-order chi connectivity index (χ0) is 38.6. The molecule has 0 N–H and O–H groups in total. The molecule has 11 rings (SSSR count). The lowest BCUT2D eigenvalue weighted by molar-refractivity contribution is 1.47. The summed E-state index contributed by atoms with van der Waals surface area (Å²) in [6, 6.07) is 74.8. The lowest BCUT2D eigenvalue weighted by Crippen LogP contribution is -1.96. The van der Waals surface area contributed by atoms with Gasteiger partial charge in [0.1, 0.15) is 0 Å². The van der Waals surface area contributed by atoms with Crippen LogP contribution in [0.4, 0.5) is 0 Å². The van der Waals surface area contributed by atoms with E-state index >= 15 is 0 Å². The molecule has 0 amide bonds. The van der Waals surface area contributed by atoms with Gasteiger partial charge in [-0.2, -0.15) is 5.26 Å². The Bertz CT molecular complexity index is 3270. The van der Waals surface area contributed by atoms with Crippen molar-refractivity contribution < 1.29 is 0 Å². The highest BCUT2D eigenvalue weighted by molar-refractivity contribution is 7.26. The summed E-state index contributed by atoms with van der Waals surface area (Å²) >= 11 is 3.69. The summed E-state index contributed by atoms with van der Waals surface area (Å²) in [5.41, 5.74) is 14.0. The molecular formula is C55H33NS2. The van der Waals surface area contributed by atoms with Gasteiger partial charge in [0.2, 0.25) is 0 Å². The fourth-order valence-corrected chi connectivity index (χ4v) is 10.9. The number of benzene rings is 9. The molecule has 0 atom stereocenters. The molecule has 2 aromatic heterocycles. The Morgan fingerprint density at radius 3 is 1.36 bits per heavy atom. The summed E-state index contributed by atoms with van der Waals surface area (Å²) in [7, 11) is 0. The molecule has 9 aromatic carbocycles. The van der Waals surface area contributed by atoms with E-state index in [1.165, 1.54) is 45.9 Å². The predicted molar refractivity (Wildman–Crippen MR) is 250 cm³/mol. The van der Waals surface area contributed by atoms with Crippen LogP contribution in [0, 0.1) is 11.3 Å². The number of fused-ring (bicyclic) bond motifs is 6. The van der Waals surface area contributed by atoms with Gasteiger partial charge in [-0.1, -0.05) is 146 Å². The highest BCUT2D eigenvalue weighted by Crippen LogP contribution is 2.49. The number of nitriles is 1. The molecule has 0 bridgehead atoms. The molecular weight excluding hydrogens is 739 g/mol. The maximum atomic E-state index is 10.4. The second-order valence-electron chi connectivity index (χ2n) is 14.7. The monoisotopic (exact) mass is 771 g/mol. The summed E-state index contributed by atoms with van der Waals surface area (Å²) in [6.07, 6.45) is 0. The molecule has 11 aromatic rings. The zero-order valence-corrected chi connectivity index (χ0v) is 32.9. The Morgan fingerprint density at radius 2 is 0.759 bits per heavy atom. The van der Waals surface area contributed by atoms with E-state index < -0.39 is 0 Å². The summed E-state index contributed by atoms with van der Waals surface area (Å²) < 4.78 is 5.15. The van der Waals surface area contributed by atoms with Crippen LogP contribution in [0.5, 0.6) is 0 Å². The second-order valence-corrected chi connectivity index (χ2v) is 16.8. The molecule has 0 spiro atoms. The van der Waals surface area contributed by atoms with Gasteiger partial charge in [0.25, 0.3) is 0 Å². The minimum atomic E-state index is 0.653. The maximum absolute atomic E-state index is 10.4. The molecule has 0 aliphatic carbocycles. The molecule has 0 unspecified atom stereocenters. The number of rotatable bonds is 6. The van der Waals surface area contributed by atoms with Crippen molar-refractivity contribution in [2.45, 2.75) is 0 Å². The third-order valence-corrected chi connectivity index (χ3v) is 13.7. The molecule has 3 heteroatoms. The van der Waals surface area contributed by atoms with Gasteiger partial charge in [-0.15, -0.1) is 22.7 Å². The van der Waals surface area contributed by atoms with E-state index in [9.17, 15) is 5.26 Å². The van der Waals surface area contributed by atoms with Crippen molar-refractivity contribution in [3.63, 3.8) is 0 Å². The molecule has 0 saturated carbocycles. The third kappa shape index (κ3) is 5.74. The SMILES string of the molecule is N#Cc1ccccc1-c1cccc(-c2ccccc2)c1-c1cc(-c2ccc3sc4ccccc4c3c2)c(-c2ccccc2)c(-c2ccc3sc4ccccc4c3c2)c1. The van der Waals surface area contributed by atoms with Crippen LogP contribution >= 0.6 is 22.7 Å². The van der Waals surface area contributed by atoms with Gasteiger partial charge in [-0.05, 0) is 116 Å². The van der Waals surface area contributed by atoms with Gasteiger partial charge in [-0.3, -0.25) is 0 Å². The van der Waals surface area contributed by atoms with E-state index in [0.717, 1.165) is 61.2 Å². The highest BCUT2D eigenvalue weighted by Gasteiger charge is 2.23. The van der Waals surface area contributed by atoms with Crippen LogP contribution in [-0.4, -0.2) is 0 Å². The first-order valence-corrected chi connectivity index (χ1v) is 21.1. The Hall–Kier alpha value is -7.09. The van der Waals surface area contributed by atoms with E-state index in [4.69, 9.17) is 0 Å². The van der Waals surface area contributed by atoms with Crippen molar-refractivity contribution in [3.8, 4) is 72.8 Å². The van der Waals surface area contributed by atoms with Gasteiger partial charge < -0.3 is 0 Å². The molecule has 270 valence electrons. The normalized spacial score (nSPS) is 11.4. The number of thiophene rings is 2. The van der Waals surface area contributed by atoms with Gasteiger partial charge in [0, 0.05) is 45.9 Å². The van der Waals surface area contributed by atoms with Gasteiger partial charge in [-0.25, -0.2) is 0 Å². The summed E-state index contributed by atoms with van der Waals surface area (Å²) in [5.74, 6) is 0. The van der Waals surface area contributed by atoms with Crippen LogP contribution in [0.15, 0.2) is 200 Å². The first kappa shape index (κ1) is 34.2. The van der Waals surface area contributed by atoms with E-state index in [1.54, 1.807) is 0 Å². The molecule has 0 saturated heterocycles. The lowest BCUT2D eigenvalue weighted by atomic mass is 9.81. The topological polar surface area (TPSA) is 23.8 Å². The lowest BCUT2D eigenvalue weighted by Gasteiger charge is -2.22. The van der Waals surface area contributed by atoms with Crippen LogP contribution in [-0.2, 0) is 0 Å². The Balaban J connectivity index is 1.29. The smallest absolute Gasteiger partial charge is 0.0998 e. The Kier molecular flexibility index (Phi) is 8.33. The number of hydrogen-bond donors (Lipinski definition) is 0. The zero-order valence-electron chi connectivity index (χ0n) is 31.3. The van der Waals surface area contributed by atoms with E-state index in [2.05, 4.69) is 188 Å². The van der Waals surface area contributed by atoms with Gasteiger partial charge in [0.05, 0.1) is 11.6 Å². The van der Waals surface area contributed by atoms with Crippen molar-refractivity contribution in [1.29, 1.82) is 5.26 Å². The predicted octanol–water partition coefficient (Wildman–Crippen LogP) is 16.3. The number of nitrogens with zero attached hydrogens (tertiary/aromatic N) is 1. The molecule has 0 fully saturated rings. The van der Waals surface area contributed by atoms with Crippen LogP contribution in [0.2, 0.25) is 0 Å². The third-order valence-electron chi connectivity index (χ3n) is 11.4. The van der Waals surface area contributed by atoms with Crippen molar-refractivity contribution in [3.05, 3.63) is 206 Å². The maximum Gasteiger partial charge on any atom is 0.0998 e. The number of hydrogen-bond acceptors (Lipinski definition) is 3. The van der Waals surface area contributed by atoms with Gasteiger partial charge >= 0.3 is 0 Å². The summed E-state index contributed by atoms with van der Waals surface area (Å²) in [4.78, 5) is 0. The Morgan fingerprint density at radius 1 is 0.293 bits per heavy atom. The van der Waals surface area contributed by atoms with Crippen LogP contribution < -0.4 is 0 Å². The highest BCUT2D eigenvalue weighted by atomic mass is 32.1. The van der Waals surface area contributed by atoms with E-state index in [0.29, 0.717) is 5.56 Å². The average Bonchev–Trinajstić information content (AvgIpc) is 3.86. The molecule has 58 heavy (non-hydrogen) atoms. The standard InChI is InChI=1S/C55H33NS2/c56-34-39-18-7-8-19-41(39)45-23-13-22-42(35-14-3-1-4-15-35)55(45)40-32-46(37-26-28-52-48(30-37)43-20-9-11-24-50(43)57-52)54(36-16-5-2-6-17-36)47(33-40)38-27-29-53-49(31-38)44-21-10-12-25-51(44)58-53/h1-33H. The van der Waals surface area contributed by atoms with Crippen molar-refractivity contribution in [1.82, 2.24) is 0 Å². The molecule has 0 radical (unpaired) electrons. The molecule has 2 heterocycles. The molecule has 0 aliphatic heterocycles. The fraction of sp³-hybridized carbons (Fsp3) is 0. The fourth-order valence-electron chi connectivity index (χ4n) is 8.71. The summed E-state index contributed by atoms with van der Waals surface area (Å²) in [5, 5.41) is 15.5. The summed E-state index contributed by atoms with van der Waals surface area (Å²) in [6.45, 7) is 0. The quantitative estimate of drug-likeness (QED) is 0.165. The minimum Gasteiger partial charge on any atom is -0.192 e. The van der Waals surface area contributed by atoms with Crippen molar-refractivity contribution in [2.24, 2.45) is 0 Å². The van der Waals surface area contributed by atoms with Crippen LogP contribution in [0.1, 0.15) is 5.56 Å². The first-order chi connectivity index (χ1) is 28.7. The molecule has 1 nitrogen and oxygen atoms in total. The van der Waals surface area contributed by atoms with E-state index in [-0.39, 0.29) is 0 Å². The van der Waals surface area contributed by atoms with Gasteiger partial charge in [0.15, 0.2) is 0 Å². The molecule has 0 aliphatic rings.